The van der Waals surface area contributed by atoms with Crippen LogP contribution in [0.5, 0.6) is 0 Å². The Morgan fingerprint density at radius 2 is 2.26 bits per heavy atom. The summed E-state index contributed by atoms with van der Waals surface area (Å²) in [6, 6.07) is 0. The molecule has 2 rings (SSSR count). The number of guanidine groups is 1. The number of methoxy groups -OCH3 is 1. The Morgan fingerprint density at radius 1 is 1.41 bits per heavy atom. The molecule has 8 heteroatoms. The van der Waals surface area contributed by atoms with E-state index in [1.165, 1.54) is 11.4 Å². The van der Waals surface area contributed by atoms with E-state index in [0.717, 1.165) is 63.7 Å². The summed E-state index contributed by atoms with van der Waals surface area (Å²) in [5.74, 6) is 1.64. The standard InChI is InChI=1S/C19H34N4O2S.HI/c1-4-20-19(21-9-6-5-7-18-22-16(2)15-26-18)23-10-8-17(13-23)14-25-12-11-24-3;/h15,17H,4-14H2,1-3H3,(H,20,21);1H. The van der Waals surface area contributed by atoms with Crippen molar-refractivity contribution in [2.24, 2.45) is 10.9 Å². The first kappa shape index (κ1) is 24.6. The van der Waals surface area contributed by atoms with Gasteiger partial charge in [0.15, 0.2) is 5.96 Å². The molecule has 0 spiro atoms. The van der Waals surface area contributed by atoms with Crippen molar-refractivity contribution in [3.05, 3.63) is 16.1 Å². The number of aliphatic imine (C=N–C) groups is 1. The monoisotopic (exact) mass is 510 g/mol. The highest BCUT2D eigenvalue weighted by molar-refractivity contribution is 14.0. The number of halogens is 1. The summed E-state index contributed by atoms with van der Waals surface area (Å²) in [4.78, 5) is 11.7. The minimum absolute atomic E-state index is 0. The van der Waals surface area contributed by atoms with Crippen LogP contribution in [0.15, 0.2) is 10.4 Å². The first-order valence-corrected chi connectivity index (χ1v) is 10.6. The van der Waals surface area contributed by atoms with Gasteiger partial charge in [-0.05, 0) is 39.5 Å². The number of aromatic nitrogens is 1. The molecule has 1 atom stereocenters. The summed E-state index contributed by atoms with van der Waals surface area (Å²) < 4.78 is 10.7. The molecule has 1 aliphatic rings. The minimum atomic E-state index is 0. The lowest BCUT2D eigenvalue weighted by Gasteiger charge is -2.21. The summed E-state index contributed by atoms with van der Waals surface area (Å²) >= 11 is 1.76. The van der Waals surface area contributed by atoms with Crippen molar-refractivity contribution in [2.75, 3.05) is 53.1 Å². The Kier molecular flexibility index (Phi) is 13.2. The number of hydrogen-bond acceptors (Lipinski definition) is 5. The van der Waals surface area contributed by atoms with E-state index in [9.17, 15) is 0 Å². The van der Waals surface area contributed by atoms with Crippen molar-refractivity contribution in [3.8, 4) is 0 Å². The number of ether oxygens (including phenoxy) is 2. The molecule has 0 aromatic carbocycles. The van der Waals surface area contributed by atoms with Crippen LogP contribution in [0.3, 0.4) is 0 Å². The Morgan fingerprint density at radius 3 is 2.96 bits per heavy atom. The van der Waals surface area contributed by atoms with E-state index in [1.54, 1.807) is 18.4 Å². The quantitative estimate of drug-likeness (QED) is 0.214. The molecule has 0 bridgehead atoms. The van der Waals surface area contributed by atoms with Gasteiger partial charge in [0.1, 0.15) is 0 Å². The van der Waals surface area contributed by atoms with Crippen molar-refractivity contribution >= 4 is 41.3 Å². The van der Waals surface area contributed by atoms with Crippen LogP contribution in [0.1, 0.15) is 36.9 Å². The molecular formula is C19H35IN4O2S. The highest BCUT2D eigenvalue weighted by atomic mass is 127. The fourth-order valence-corrected chi connectivity index (χ4v) is 3.89. The molecule has 1 N–H and O–H groups in total. The summed E-state index contributed by atoms with van der Waals surface area (Å²) in [5, 5.41) is 6.81. The molecule has 156 valence electrons. The Balaban J connectivity index is 0.00000364. The number of likely N-dealkylation sites (tertiary alicyclic amines) is 1. The van der Waals surface area contributed by atoms with E-state index in [4.69, 9.17) is 14.5 Å². The SMILES string of the molecule is CCNC(=NCCCCc1nc(C)cs1)N1CCC(COCCOC)C1.I. The van der Waals surface area contributed by atoms with Gasteiger partial charge in [0.25, 0.3) is 0 Å². The van der Waals surface area contributed by atoms with Gasteiger partial charge in [0.2, 0.25) is 0 Å². The summed E-state index contributed by atoms with van der Waals surface area (Å²) in [6.45, 7) is 10.2. The highest BCUT2D eigenvalue weighted by Gasteiger charge is 2.24. The van der Waals surface area contributed by atoms with Gasteiger partial charge in [-0.15, -0.1) is 35.3 Å². The molecule has 2 heterocycles. The fraction of sp³-hybridized carbons (Fsp3) is 0.789. The average molecular weight is 510 g/mol. The number of nitrogens with zero attached hydrogens (tertiary/aromatic N) is 3. The lowest BCUT2D eigenvalue weighted by molar-refractivity contribution is 0.0536. The first-order valence-electron chi connectivity index (χ1n) is 9.73. The zero-order valence-corrected chi connectivity index (χ0v) is 20.1. The molecule has 0 aliphatic carbocycles. The third kappa shape index (κ3) is 9.54. The predicted octanol–water partition coefficient (Wildman–Crippen LogP) is 3.34. The van der Waals surface area contributed by atoms with Crippen molar-refractivity contribution in [3.63, 3.8) is 0 Å². The molecule has 0 amide bonds. The molecule has 1 saturated heterocycles. The van der Waals surface area contributed by atoms with E-state index in [1.807, 2.05) is 0 Å². The lowest BCUT2D eigenvalue weighted by Crippen LogP contribution is -2.40. The molecule has 0 radical (unpaired) electrons. The second-order valence-electron chi connectivity index (χ2n) is 6.74. The van der Waals surface area contributed by atoms with Crippen LogP contribution in [0.25, 0.3) is 0 Å². The third-order valence-electron chi connectivity index (χ3n) is 4.43. The van der Waals surface area contributed by atoms with Crippen LogP contribution in [-0.4, -0.2) is 69.0 Å². The van der Waals surface area contributed by atoms with Crippen LogP contribution >= 0.6 is 35.3 Å². The molecule has 1 fully saturated rings. The normalized spacial score (nSPS) is 17.2. The second-order valence-corrected chi connectivity index (χ2v) is 7.69. The van der Waals surface area contributed by atoms with Crippen LogP contribution in [-0.2, 0) is 15.9 Å². The van der Waals surface area contributed by atoms with Crippen LogP contribution < -0.4 is 5.32 Å². The van der Waals surface area contributed by atoms with Gasteiger partial charge in [-0.25, -0.2) is 4.98 Å². The van der Waals surface area contributed by atoms with Gasteiger partial charge in [0.05, 0.1) is 24.8 Å². The maximum Gasteiger partial charge on any atom is 0.193 e. The van der Waals surface area contributed by atoms with Crippen molar-refractivity contribution < 1.29 is 9.47 Å². The topological polar surface area (TPSA) is 59.0 Å². The largest absolute Gasteiger partial charge is 0.382 e. The highest BCUT2D eigenvalue weighted by Crippen LogP contribution is 2.17. The zero-order chi connectivity index (χ0) is 18.6. The third-order valence-corrected chi connectivity index (χ3v) is 5.46. The molecule has 27 heavy (non-hydrogen) atoms. The van der Waals surface area contributed by atoms with Crippen molar-refractivity contribution in [2.45, 2.75) is 39.5 Å². The van der Waals surface area contributed by atoms with E-state index in [-0.39, 0.29) is 24.0 Å². The Hall–Kier alpha value is -0.450. The van der Waals surface area contributed by atoms with Gasteiger partial charge in [-0.3, -0.25) is 4.99 Å². The van der Waals surface area contributed by atoms with E-state index >= 15 is 0 Å². The average Bonchev–Trinajstić information content (AvgIpc) is 3.27. The number of thiazole rings is 1. The van der Waals surface area contributed by atoms with Crippen LogP contribution in [0.2, 0.25) is 0 Å². The van der Waals surface area contributed by atoms with Crippen molar-refractivity contribution in [1.29, 1.82) is 0 Å². The Bertz CT molecular complexity index is 542. The zero-order valence-electron chi connectivity index (χ0n) is 16.9. The molecule has 1 aromatic rings. The molecular weight excluding hydrogens is 475 g/mol. The summed E-state index contributed by atoms with van der Waals surface area (Å²) in [5.41, 5.74) is 1.13. The van der Waals surface area contributed by atoms with E-state index < -0.39 is 0 Å². The van der Waals surface area contributed by atoms with Gasteiger partial charge in [-0.1, -0.05) is 0 Å². The van der Waals surface area contributed by atoms with Crippen LogP contribution in [0, 0.1) is 12.8 Å². The number of rotatable bonds is 11. The smallest absolute Gasteiger partial charge is 0.193 e. The van der Waals surface area contributed by atoms with Gasteiger partial charge >= 0.3 is 0 Å². The maximum atomic E-state index is 5.69. The van der Waals surface area contributed by atoms with Gasteiger partial charge < -0.3 is 19.7 Å². The molecule has 6 nitrogen and oxygen atoms in total. The van der Waals surface area contributed by atoms with Crippen molar-refractivity contribution in [1.82, 2.24) is 15.2 Å². The lowest BCUT2D eigenvalue weighted by atomic mass is 10.1. The molecule has 0 saturated carbocycles. The molecule has 1 unspecified atom stereocenters. The predicted molar refractivity (Wildman–Crippen MR) is 124 cm³/mol. The van der Waals surface area contributed by atoms with Gasteiger partial charge in [0, 0.05) is 50.3 Å². The van der Waals surface area contributed by atoms with Crippen LogP contribution in [0.4, 0.5) is 0 Å². The molecule has 1 aromatic heterocycles. The van der Waals surface area contributed by atoms with E-state index in [0.29, 0.717) is 19.1 Å². The number of aryl methyl sites for hydroxylation is 2. The maximum absolute atomic E-state index is 5.69. The van der Waals surface area contributed by atoms with E-state index in [2.05, 4.69) is 34.4 Å². The fourth-order valence-electron chi connectivity index (χ4n) is 3.07. The molecule has 1 aliphatic heterocycles. The Labute approximate surface area is 185 Å². The number of hydrogen-bond donors (Lipinski definition) is 1. The summed E-state index contributed by atoms with van der Waals surface area (Å²) in [7, 11) is 1.71. The minimum Gasteiger partial charge on any atom is -0.382 e. The van der Waals surface area contributed by atoms with Gasteiger partial charge in [-0.2, -0.15) is 0 Å². The first-order chi connectivity index (χ1) is 12.7. The second kappa shape index (κ2) is 14.5. The summed E-state index contributed by atoms with van der Waals surface area (Å²) in [6.07, 6.45) is 4.48. The number of unbranched alkanes of at least 4 members (excludes halogenated alkanes) is 1. The number of nitrogens with one attached hydrogen (secondary N) is 1.